The Hall–Kier alpha value is -1.93. The molecular formula is C20H21ClN4O2S. The number of halogens is 1. The van der Waals surface area contributed by atoms with Crippen LogP contribution in [0.25, 0.3) is 10.3 Å². The number of nitrogens with one attached hydrogen (secondary N) is 2. The number of para-hydroxylation sites is 1. The lowest BCUT2D eigenvalue weighted by Gasteiger charge is -2.37. The van der Waals surface area contributed by atoms with E-state index in [0.717, 1.165) is 60.2 Å². The number of amides is 1. The molecule has 146 valence electrons. The van der Waals surface area contributed by atoms with Crippen LogP contribution in [-0.4, -0.2) is 47.1 Å². The maximum Gasteiger partial charge on any atom is 0.272 e. The monoisotopic (exact) mass is 416 g/mol. The molecule has 0 unspecified atom stereocenters. The number of aromatic amines is 1. The number of anilines is 1. The highest BCUT2D eigenvalue weighted by Crippen LogP contribution is 2.39. The molecule has 0 aliphatic carbocycles. The van der Waals surface area contributed by atoms with Gasteiger partial charge in [-0.15, -0.1) is 11.3 Å². The van der Waals surface area contributed by atoms with Gasteiger partial charge in [-0.25, -0.2) is 4.98 Å². The summed E-state index contributed by atoms with van der Waals surface area (Å²) in [5.41, 5.74) is 3.29. The van der Waals surface area contributed by atoms with Crippen molar-refractivity contribution in [2.75, 3.05) is 31.6 Å². The summed E-state index contributed by atoms with van der Waals surface area (Å²) >= 11 is 7.84. The molecule has 6 nitrogen and oxygen atoms in total. The summed E-state index contributed by atoms with van der Waals surface area (Å²) in [5.74, 6) is -0.188. The Morgan fingerprint density at radius 3 is 2.96 bits per heavy atom. The number of carbonyl (C=O) groups is 1. The second kappa shape index (κ2) is 6.84. The van der Waals surface area contributed by atoms with Gasteiger partial charge in [0.2, 0.25) is 0 Å². The minimum atomic E-state index is -0.188. The van der Waals surface area contributed by atoms with Gasteiger partial charge in [-0.3, -0.25) is 9.69 Å². The predicted octanol–water partition coefficient (Wildman–Crippen LogP) is 4.06. The second-order valence-electron chi connectivity index (χ2n) is 7.78. The minimum absolute atomic E-state index is 0.188. The van der Waals surface area contributed by atoms with Gasteiger partial charge in [-0.1, -0.05) is 23.7 Å². The molecule has 2 aliphatic heterocycles. The highest BCUT2D eigenvalue weighted by Gasteiger charge is 2.44. The maximum absolute atomic E-state index is 13.0. The number of rotatable bonds is 4. The topological polar surface area (TPSA) is 70.2 Å². The van der Waals surface area contributed by atoms with Crippen LogP contribution in [0.15, 0.2) is 24.3 Å². The highest BCUT2D eigenvalue weighted by atomic mass is 35.5. The van der Waals surface area contributed by atoms with E-state index in [9.17, 15) is 4.79 Å². The van der Waals surface area contributed by atoms with E-state index in [1.54, 1.807) is 23.5 Å². The van der Waals surface area contributed by atoms with Crippen LogP contribution in [0.5, 0.6) is 0 Å². The zero-order valence-electron chi connectivity index (χ0n) is 15.5. The van der Waals surface area contributed by atoms with Crippen molar-refractivity contribution in [3.63, 3.8) is 0 Å². The summed E-state index contributed by atoms with van der Waals surface area (Å²) in [5, 5.41) is 4.44. The second-order valence-corrected chi connectivity index (χ2v) is 9.39. The van der Waals surface area contributed by atoms with Crippen LogP contribution in [-0.2, 0) is 11.3 Å². The number of hydrogen-bond donors (Lipinski definition) is 2. The molecule has 1 spiro atoms. The highest BCUT2D eigenvalue weighted by molar-refractivity contribution is 7.18. The molecule has 28 heavy (non-hydrogen) atoms. The van der Waals surface area contributed by atoms with Crippen LogP contribution < -0.4 is 5.32 Å². The molecule has 8 heteroatoms. The SMILES string of the molecule is Cc1nc2[nH]c(C(=O)Nc3ccccc3Cl)c(CN3CCC4(COC4)C3)c2s1. The summed E-state index contributed by atoms with van der Waals surface area (Å²) in [6.45, 7) is 6.47. The van der Waals surface area contributed by atoms with Crippen molar-refractivity contribution in [1.82, 2.24) is 14.9 Å². The van der Waals surface area contributed by atoms with E-state index in [4.69, 9.17) is 16.3 Å². The summed E-state index contributed by atoms with van der Waals surface area (Å²) < 4.78 is 6.50. The molecule has 2 fully saturated rings. The number of fused-ring (bicyclic) bond motifs is 1. The molecule has 2 aromatic heterocycles. The Balaban J connectivity index is 1.45. The molecule has 0 atom stereocenters. The third-order valence-corrected chi connectivity index (χ3v) is 6.98. The first kappa shape index (κ1) is 18.1. The van der Waals surface area contributed by atoms with Gasteiger partial charge in [-0.05, 0) is 32.0 Å². The minimum Gasteiger partial charge on any atom is -0.380 e. The van der Waals surface area contributed by atoms with Gasteiger partial charge in [0.25, 0.3) is 5.91 Å². The van der Waals surface area contributed by atoms with Gasteiger partial charge < -0.3 is 15.0 Å². The fourth-order valence-corrected chi connectivity index (χ4v) is 5.23. The summed E-state index contributed by atoms with van der Waals surface area (Å²) in [4.78, 5) is 23.3. The zero-order valence-corrected chi connectivity index (χ0v) is 17.1. The average molecular weight is 417 g/mol. The van der Waals surface area contributed by atoms with Crippen molar-refractivity contribution in [1.29, 1.82) is 0 Å². The predicted molar refractivity (Wildman–Crippen MR) is 111 cm³/mol. The number of carbonyl (C=O) groups excluding carboxylic acids is 1. The Kier molecular flexibility index (Phi) is 4.43. The van der Waals surface area contributed by atoms with Crippen LogP contribution in [0.2, 0.25) is 5.02 Å². The Morgan fingerprint density at radius 1 is 1.43 bits per heavy atom. The van der Waals surface area contributed by atoms with Gasteiger partial charge in [0.15, 0.2) is 0 Å². The lowest BCUT2D eigenvalue weighted by molar-refractivity contribution is -0.105. The van der Waals surface area contributed by atoms with Crippen molar-refractivity contribution in [3.05, 3.63) is 45.6 Å². The van der Waals surface area contributed by atoms with Crippen LogP contribution in [0.3, 0.4) is 0 Å². The molecule has 2 saturated heterocycles. The number of thiazole rings is 1. The van der Waals surface area contributed by atoms with Crippen molar-refractivity contribution in [3.8, 4) is 0 Å². The van der Waals surface area contributed by atoms with Crippen LogP contribution in [0, 0.1) is 12.3 Å². The van der Waals surface area contributed by atoms with E-state index in [2.05, 4.69) is 20.2 Å². The summed E-state index contributed by atoms with van der Waals surface area (Å²) in [7, 11) is 0. The van der Waals surface area contributed by atoms with Gasteiger partial charge >= 0.3 is 0 Å². The maximum atomic E-state index is 13.0. The van der Waals surface area contributed by atoms with E-state index < -0.39 is 0 Å². The first-order valence-corrected chi connectivity index (χ1v) is 10.6. The summed E-state index contributed by atoms with van der Waals surface area (Å²) in [6, 6.07) is 7.26. The van der Waals surface area contributed by atoms with E-state index in [-0.39, 0.29) is 5.91 Å². The van der Waals surface area contributed by atoms with E-state index in [1.165, 1.54) is 0 Å². The number of nitrogens with zero attached hydrogens (tertiary/aromatic N) is 2. The van der Waals surface area contributed by atoms with Crippen LogP contribution >= 0.6 is 22.9 Å². The average Bonchev–Trinajstić information content (AvgIpc) is 3.31. The van der Waals surface area contributed by atoms with Gasteiger partial charge in [0.1, 0.15) is 11.3 Å². The number of aromatic nitrogens is 2. The molecule has 1 amide bonds. The third-order valence-electron chi connectivity index (χ3n) is 5.62. The first-order valence-electron chi connectivity index (χ1n) is 9.37. The van der Waals surface area contributed by atoms with Crippen molar-refractivity contribution >= 4 is 44.9 Å². The normalized spacial score (nSPS) is 18.6. The zero-order chi connectivity index (χ0) is 19.3. The first-order chi connectivity index (χ1) is 13.5. The standard InChI is InChI=1S/C20H21ClN4O2S/c1-12-22-18-17(28-12)13(8-25-7-6-20(9-25)10-27-11-20)16(24-18)19(26)23-15-5-3-2-4-14(15)21/h2-5,24H,6-11H2,1H3,(H,23,26). The number of aryl methyl sites for hydroxylation is 1. The molecule has 2 aliphatic rings. The van der Waals surface area contributed by atoms with Crippen LogP contribution in [0.4, 0.5) is 5.69 Å². The van der Waals surface area contributed by atoms with Crippen molar-refractivity contribution in [2.45, 2.75) is 19.9 Å². The largest absolute Gasteiger partial charge is 0.380 e. The molecule has 0 saturated carbocycles. The number of benzene rings is 1. The fourth-order valence-electron chi connectivity index (χ4n) is 4.13. The number of H-pyrrole nitrogens is 1. The Bertz CT molecular complexity index is 1060. The van der Waals surface area contributed by atoms with Crippen LogP contribution in [0.1, 0.15) is 27.5 Å². The molecule has 3 aromatic rings. The van der Waals surface area contributed by atoms with E-state index in [0.29, 0.717) is 21.8 Å². The molecule has 0 radical (unpaired) electrons. The fraction of sp³-hybridized carbons (Fsp3) is 0.400. The number of likely N-dealkylation sites (tertiary alicyclic amines) is 1. The number of hydrogen-bond acceptors (Lipinski definition) is 5. The van der Waals surface area contributed by atoms with Gasteiger partial charge in [0.05, 0.1) is 33.6 Å². The Labute approximate surface area is 171 Å². The Morgan fingerprint density at radius 2 is 2.25 bits per heavy atom. The lowest BCUT2D eigenvalue weighted by atomic mass is 9.85. The van der Waals surface area contributed by atoms with Crippen molar-refractivity contribution in [2.24, 2.45) is 5.41 Å². The van der Waals surface area contributed by atoms with Crippen molar-refractivity contribution < 1.29 is 9.53 Å². The van der Waals surface area contributed by atoms with E-state index in [1.807, 2.05) is 19.1 Å². The third kappa shape index (κ3) is 3.12. The number of ether oxygens (including phenoxy) is 1. The molecule has 2 N–H and O–H groups in total. The molecule has 4 heterocycles. The molecule has 0 bridgehead atoms. The lowest BCUT2D eigenvalue weighted by Crippen LogP contribution is -2.44. The molecule has 5 rings (SSSR count). The quantitative estimate of drug-likeness (QED) is 0.672. The van der Waals surface area contributed by atoms with E-state index >= 15 is 0 Å². The molecule has 1 aromatic carbocycles. The van der Waals surface area contributed by atoms with Gasteiger partial charge in [0, 0.05) is 24.1 Å². The van der Waals surface area contributed by atoms with Gasteiger partial charge in [-0.2, -0.15) is 0 Å². The summed E-state index contributed by atoms with van der Waals surface area (Å²) in [6.07, 6.45) is 1.16. The smallest absolute Gasteiger partial charge is 0.272 e. The molecular weight excluding hydrogens is 396 g/mol.